The van der Waals surface area contributed by atoms with Gasteiger partial charge in [-0.15, -0.1) is 0 Å². The van der Waals surface area contributed by atoms with Crippen LogP contribution in [-0.2, 0) is 9.59 Å². The van der Waals surface area contributed by atoms with E-state index in [1.165, 1.54) is 24.3 Å². The van der Waals surface area contributed by atoms with Gasteiger partial charge in [-0.25, -0.2) is 9.18 Å². The maximum atomic E-state index is 13.4. The van der Waals surface area contributed by atoms with Gasteiger partial charge in [0.2, 0.25) is 5.91 Å². The van der Waals surface area contributed by atoms with Crippen molar-refractivity contribution in [3.63, 3.8) is 0 Å². The molecule has 0 radical (unpaired) electrons. The zero-order chi connectivity index (χ0) is 23.7. The van der Waals surface area contributed by atoms with Crippen LogP contribution < -0.4 is 10.6 Å². The van der Waals surface area contributed by atoms with E-state index in [-0.39, 0.29) is 43.2 Å². The number of aryl methyl sites for hydroxylation is 2. The molecule has 2 aromatic rings. The number of nitrogens with one attached hydrogen (secondary N) is 2. The third kappa shape index (κ3) is 4.46. The Bertz CT molecular complexity index is 1140. The molecule has 0 unspecified atom stereocenters. The number of urea groups is 1. The monoisotopic (exact) mass is 450 g/mol. The van der Waals surface area contributed by atoms with Gasteiger partial charge in [-0.3, -0.25) is 14.5 Å². The minimum atomic E-state index is -0.526. The maximum Gasteiger partial charge on any atom is 0.322 e. The number of likely N-dealkylation sites (N-methyl/N-ethyl adjacent to an activating group) is 1. The Morgan fingerprint density at radius 3 is 2.55 bits per heavy atom. The lowest BCUT2D eigenvalue weighted by Gasteiger charge is -2.33. The van der Waals surface area contributed by atoms with Gasteiger partial charge < -0.3 is 15.5 Å². The highest BCUT2D eigenvalue weighted by molar-refractivity contribution is 6.02. The summed E-state index contributed by atoms with van der Waals surface area (Å²) >= 11 is 0. The van der Waals surface area contributed by atoms with Gasteiger partial charge in [0.1, 0.15) is 5.82 Å². The number of carbonyl (C=O) groups is 3. The fourth-order valence-electron chi connectivity index (χ4n) is 4.44. The van der Waals surface area contributed by atoms with Gasteiger partial charge in [0.25, 0.3) is 5.91 Å². The van der Waals surface area contributed by atoms with E-state index in [0.717, 1.165) is 16.7 Å². The van der Waals surface area contributed by atoms with Crippen LogP contribution in [0, 0.1) is 19.7 Å². The number of hydrogen-bond donors (Lipinski definition) is 2. The standard InChI is InChI=1S/C25H27FN4O3/c1-4-30-20-14-29(12-11-21(31)27-18-8-6-17(26)7-9-18)24(32)22(20)23(28-25(30)33)19-10-5-15(2)13-16(19)3/h5-10,13,23H,4,11-12,14H2,1-3H3,(H,27,31)(H,28,33)/t23-/m1/s1. The summed E-state index contributed by atoms with van der Waals surface area (Å²) in [5.74, 6) is -0.830. The fourth-order valence-corrected chi connectivity index (χ4v) is 4.44. The number of amides is 4. The first-order valence-electron chi connectivity index (χ1n) is 11.0. The maximum absolute atomic E-state index is 13.4. The largest absolute Gasteiger partial charge is 0.332 e. The first-order chi connectivity index (χ1) is 15.8. The third-order valence-corrected chi connectivity index (χ3v) is 6.09. The quantitative estimate of drug-likeness (QED) is 0.705. The predicted octanol–water partition coefficient (Wildman–Crippen LogP) is 3.65. The van der Waals surface area contributed by atoms with Crippen LogP contribution in [0.2, 0.25) is 0 Å². The van der Waals surface area contributed by atoms with Crippen molar-refractivity contribution >= 4 is 23.5 Å². The van der Waals surface area contributed by atoms with Crippen LogP contribution in [0.25, 0.3) is 0 Å². The van der Waals surface area contributed by atoms with E-state index in [2.05, 4.69) is 10.6 Å². The summed E-state index contributed by atoms with van der Waals surface area (Å²) < 4.78 is 13.1. The van der Waals surface area contributed by atoms with Gasteiger partial charge in [-0.2, -0.15) is 0 Å². The normalized spacial score (nSPS) is 17.9. The molecular formula is C25H27FN4O3. The van der Waals surface area contributed by atoms with Crippen molar-refractivity contribution in [1.29, 1.82) is 0 Å². The van der Waals surface area contributed by atoms with E-state index in [1.54, 1.807) is 9.80 Å². The Morgan fingerprint density at radius 1 is 1.15 bits per heavy atom. The van der Waals surface area contributed by atoms with Gasteiger partial charge in [0.15, 0.2) is 0 Å². The number of hydrogen-bond acceptors (Lipinski definition) is 3. The Balaban J connectivity index is 1.52. The van der Waals surface area contributed by atoms with Crippen molar-refractivity contribution in [2.24, 2.45) is 0 Å². The lowest BCUT2D eigenvalue weighted by atomic mass is 9.91. The van der Waals surface area contributed by atoms with Gasteiger partial charge in [0, 0.05) is 25.2 Å². The molecule has 0 aromatic heterocycles. The summed E-state index contributed by atoms with van der Waals surface area (Å²) in [5, 5.41) is 5.70. The Kier molecular flexibility index (Phi) is 6.18. The second-order valence-corrected chi connectivity index (χ2v) is 8.38. The molecule has 2 aromatic carbocycles. The number of anilines is 1. The molecule has 0 spiro atoms. The van der Waals surface area contributed by atoms with E-state index < -0.39 is 6.04 Å². The third-order valence-electron chi connectivity index (χ3n) is 6.09. The minimum absolute atomic E-state index is 0.0887. The van der Waals surface area contributed by atoms with E-state index in [1.807, 2.05) is 39.0 Å². The molecule has 8 heteroatoms. The molecule has 2 aliphatic rings. The van der Waals surface area contributed by atoms with Crippen LogP contribution >= 0.6 is 0 Å². The van der Waals surface area contributed by atoms with Gasteiger partial charge in [-0.05, 0) is 56.2 Å². The molecule has 2 aliphatic heterocycles. The number of halogens is 1. The minimum Gasteiger partial charge on any atom is -0.332 e. The van der Waals surface area contributed by atoms with E-state index in [9.17, 15) is 18.8 Å². The van der Waals surface area contributed by atoms with Crippen molar-refractivity contribution in [2.75, 3.05) is 25.0 Å². The molecule has 0 saturated carbocycles. The Morgan fingerprint density at radius 2 is 1.88 bits per heavy atom. The number of rotatable bonds is 6. The van der Waals surface area contributed by atoms with Gasteiger partial charge >= 0.3 is 6.03 Å². The number of carbonyl (C=O) groups excluding carboxylic acids is 3. The van der Waals surface area contributed by atoms with Crippen LogP contribution in [0.15, 0.2) is 53.7 Å². The topological polar surface area (TPSA) is 81.8 Å². The Hall–Kier alpha value is -3.68. The molecule has 172 valence electrons. The smallest absolute Gasteiger partial charge is 0.322 e. The van der Waals surface area contributed by atoms with Crippen LogP contribution in [0.4, 0.5) is 14.9 Å². The van der Waals surface area contributed by atoms with Crippen LogP contribution in [0.3, 0.4) is 0 Å². The Labute approximate surface area is 192 Å². The molecule has 0 fully saturated rings. The molecular weight excluding hydrogens is 423 g/mol. The van der Waals surface area contributed by atoms with Crippen LogP contribution in [-0.4, -0.2) is 47.3 Å². The molecule has 33 heavy (non-hydrogen) atoms. The molecule has 0 bridgehead atoms. The summed E-state index contributed by atoms with van der Waals surface area (Å²) in [6.07, 6.45) is 0.0887. The summed E-state index contributed by atoms with van der Waals surface area (Å²) in [4.78, 5) is 41.8. The summed E-state index contributed by atoms with van der Waals surface area (Å²) in [6.45, 7) is 6.77. The molecule has 4 amide bonds. The first-order valence-corrected chi connectivity index (χ1v) is 11.0. The lowest BCUT2D eigenvalue weighted by Crippen LogP contribution is -2.47. The molecule has 4 rings (SSSR count). The average molecular weight is 451 g/mol. The summed E-state index contributed by atoms with van der Waals surface area (Å²) in [6, 6.07) is 10.7. The van der Waals surface area contributed by atoms with Crippen molar-refractivity contribution < 1.29 is 18.8 Å². The summed E-state index contributed by atoms with van der Waals surface area (Å²) in [5.41, 5.74) is 4.74. The fraction of sp³-hybridized carbons (Fsp3) is 0.320. The highest BCUT2D eigenvalue weighted by atomic mass is 19.1. The molecule has 2 N–H and O–H groups in total. The molecule has 1 atom stereocenters. The number of benzene rings is 2. The zero-order valence-corrected chi connectivity index (χ0v) is 18.9. The zero-order valence-electron chi connectivity index (χ0n) is 18.9. The number of nitrogens with zero attached hydrogens (tertiary/aromatic N) is 2. The highest BCUT2D eigenvalue weighted by Gasteiger charge is 2.43. The second kappa shape index (κ2) is 9.05. The van der Waals surface area contributed by atoms with E-state index in [4.69, 9.17) is 0 Å². The van der Waals surface area contributed by atoms with E-state index in [0.29, 0.717) is 23.5 Å². The van der Waals surface area contributed by atoms with Crippen molar-refractivity contribution in [2.45, 2.75) is 33.2 Å². The predicted molar refractivity (Wildman–Crippen MR) is 123 cm³/mol. The molecule has 2 heterocycles. The SMILES string of the molecule is CCN1C(=O)N[C@H](c2ccc(C)cc2C)C2=C1CN(CCC(=O)Nc1ccc(F)cc1)C2=O. The lowest BCUT2D eigenvalue weighted by molar-refractivity contribution is -0.126. The van der Waals surface area contributed by atoms with Gasteiger partial charge in [0.05, 0.1) is 23.9 Å². The summed E-state index contributed by atoms with van der Waals surface area (Å²) in [7, 11) is 0. The van der Waals surface area contributed by atoms with Crippen molar-refractivity contribution in [1.82, 2.24) is 15.1 Å². The molecule has 0 aliphatic carbocycles. The van der Waals surface area contributed by atoms with Crippen LogP contribution in [0.5, 0.6) is 0 Å². The van der Waals surface area contributed by atoms with Gasteiger partial charge in [-0.1, -0.05) is 23.8 Å². The average Bonchev–Trinajstić information content (AvgIpc) is 3.10. The molecule has 7 nitrogen and oxygen atoms in total. The van der Waals surface area contributed by atoms with Crippen LogP contribution in [0.1, 0.15) is 36.1 Å². The highest BCUT2D eigenvalue weighted by Crippen LogP contribution is 2.37. The first kappa shape index (κ1) is 22.5. The van der Waals surface area contributed by atoms with Crippen molar-refractivity contribution in [3.05, 3.63) is 76.2 Å². The van der Waals surface area contributed by atoms with Crippen molar-refractivity contribution in [3.8, 4) is 0 Å². The van der Waals surface area contributed by atoms with E-state index >= 15 is 0 Å². The molecule has 0 saturated heterocycles. The second-order valence-electron chi connectivity index (χ2n) is 8.38.